The van der Waals surface area contributed by atoms with Gasteiger partial charge in [-0.1, -0.05) is 0 Å². The van der Waals surface area contributed by atoms with Crippen LogP contribution in [0.5, 0.6) is 0 Å². The van der Waals surface area contributed by atoms with Gasteiger partial charge in [0.1, 0.15) is 6.23 Å². The molecule has 1 atom stereocenters. The van der Waals surface area contributed by atoms with Crippen molar-refractivity contribution in [1.82, 2.24) is 4.90 Å². The Bertz CT molecular complexity index is 84.2. The van der Waals surface area contributed by atoms with Gasteiger partial charge in [-0.05, 0) is 6.92 Å². The molecule has 0 heterocycles. The van der Waals surface area contributed by atoms with Crippen molar-refractivity contribution in [3.8, 4) is 6.19 Å². The molecule has 3 nitrogen and oxygen atoms in total. The molecule has 0 fully saturated rings. The normalized spacial score (nSPS) is 12.3. The van der Waals surface area contributed by atoms with Crippen LogP contribution in [-0.4, -0.2) is 23.3 Å². The van der Waals surface area contributed by atoms with Crippen LogP contribution < -0.4 is 0 Å². The van der Waals surface area contributed by atoms with Crippen molar-refractivity contribution in [2.45, 2.75) is 13.2 Å². The molecule has 0 amide bonds. The van der Waals surface area contributed by atoms with Gasteiger partial charge in [0.05, 0.1) is 0 Å². The molecule has 1 N–H and O–H groups in total. The van der Waals surface area contributed by atoms with Gasteiger partial charge in [-0.3, -0.25) is 4.90 Å². The van der Waals surface area contributed by atoms with Gasteiger partial charge in [-0.25, -0.2) is 0 Å². The highest BCUT2D eigenvalue weighted by Gasteiger charge is 1.96. The summed E-state index contributed by atoms with van der Waals surface area (Å²) in [5.74, 6) is 0. The van der Waals surface area contributed by atoms with E-state index in [0.29, 0.717) is 0 Å². The average Bonchev–Trinajstić information content (AvgIpc) is 1.65. The van der Waals surface area contributed by atoms with E-state index in [2.05, 4.69) is 0 Å². The SMILES string of the molecule is CC(O)N(C)C#N. The van der Waals surface area contributed by atoms with E-state index in [1.54, 1.807) is 6.19 Å². The Morgan fingerprint density at radius 3 is 2.29 bits per heavy atom. The predicted octanol–water partition coefficient (Wildman–Crippen LogP) is -0.262. The Balaban J connectivity index is 3.40. The van der Waals surface area contributed by atoms with E-state index in [9.17, 15) is 0 Å². The molecule has 1 unspecified atom stereocenters. The van der Waals surface area contributed by atoms with Crippen LogP contribution in [0.3, 0.4) is 0 Å². The first-order valence-electron chi connectivity index (χ1n) is 1.99. The van der Waals surface area contributed by atoms with Gasteiger partial charge in [0.2, 0.25) is 0 Å². The monoisotopic (exact) mass is 100 g/mol. The number of nitriles is 1. The van der Waals surface area contributed by atoms with Crippen LogP contribution >= 0.6 is 0 Å². The maximum atomic E-state index is 8.52. The molecular formula is C4H8N2O. The van der Waals surface area contributed by atoms with Gasteiger partial charge in [-0.2, -0.15) is 5.26 Å². The topological polar surface area (TPSA) is 47.3 Å². The molecule has 0 rings (SSSR count). The van der Waals surface area contributed by atoms with Gasteiger partial charge >= 0.3 is 0 Å². The van der Waals surface area contributed by atoms with Crippen molar-refractivity contribution in [2.24, 2.45) is 0 Å². The van der Waals surface area contributed by atoms with Crippen molar-refractivity contribution in [2.75, 3.05) is 7.05 Å². The second kappa shape index (κ2) is 2.43. The highest BCUT2D eigenvalue weighted by Crippen LogP contribution is 1.83. The third-order valence-electron chi connectivity index (χ3n) is 0.718. The fraction of sp³-hybridized carbons (Fsp3) is 0.750. The second-order valence-electron chi connectivity index (χ2n) is 1.34. The molecule has 0 bridgehead atoms. The van der Waals surface area contributed by atoms with Gasteiger partial charge in [0.15, 0.2) is 6.19 Å². The number of hydrogen-bond donors (Lipinski definition) is 1. The number of aliphatic hydroxyl groups is 1. The fourth-order valence-electron chi connectivity index (χ4n) is 0.0836. The zero-order chi connectivity index (χ0) is 5.86. The van der Waals surface area contributed by atoms with Crippen LogP contribution in [-0.2, 0) is 0 Å². The lowest BCUT2D eigenvalue weighted by Crippen LogP contribution is -2.22. The predicted molar refractivity (Wildman–Crippen MR) is 25.1 cm³/mol. The smallest absolute Gasteiger partial charge is 0.181 e. The number of nitrogens with zero attached hydrogens (tertiary/aromatic N) is 2. The molecule has 0 aromatic heterocycles. The van der Waals surface area contributed by atoms with E-state index in [1.807, 2.05) is 0 Å². The van der Waals surface area contributed by atoms with E-state index >= 15 is 0 Å². The summed E-state index contributed by atoms with van der Waals surface area (Å²) in [6.07, 6.45) is 1.09. The minimum atomic E-state index is -0.662. The lowest BCUT2D eigenvalue weighted by atomic mass is 10.6. The van der Waals surface area contributed by atoms with Gasteiger partial charge < -0.3 is 5.11 Å². The van der Waals surface area contributed by atoms with Crippen LogP contribution in [0.15, 0.2) is 0 Å². The summed E-state index contributed by atoms with van der Waals surface area (Å²) < 4.78 is 0. The first-order chi connectivity index (χ1) is 3.18. The van der Waals surface area contributed by atoms with Gasteiger partial charge in [0, 0.05) is 7.05 Å². The highest BCUT2D eigenvalue weighted by atomic mass is 16.3. The molecule has 0 aromatic carbocycles. The van der Waals surface area contributed by atoms with Crippen LogP contribution in [0.4, 0.5) is 0 Å². The van der Waals surface area contributed by atoms with Gasteiger partial charge in [-0.15, -0.1) is 0 Å². The maximum Gasteiger partial charge on any atom is 0.181 e. The van der Waals surface area contributed by atoms with E-state index < -0.39 is 6.23 Å². The molecule has 0 aliphatic carbocycles. The molecule has 3 heteroatoms. The number of hydrogen-bond acceptors (Lipinski definition) is 3. The zero-order valence-electron chi connectivity index (χ0n) is 4.42. The largest absolute Gasteiger partial charge is 0.373 e. The lowest BCUT2D eigenvalue weighted by molar-refractivity contribution is 0.0787. The molecule has 0 aliphatic heterocycles. The van der Waals surface area contributed by atoms with Crippen molar-refractivity contribution < 1.29 is 5.11 Å². The van der Waals surface area contributed by atoms with Crippen molar-refractivity contribution in [3.05, 3.63) is 0 Å². The third kappa shape index (κ3) is 2.01. The standard InChI is InChI=1S/C4H8N2O/c1-4(7)6(2)3-5/h4,7H,1-2H3. The Morgan fingerprint density at radius 2 is 2.29 bits per heavy atom. The highest BCUT2D eigenvalue weighted by molar-refractivity contribution is 4.67. The van der Waals surface area contributed by atoms with Gasteiger partial charge in [0.25, 0.3) is 0 Å². The molecule has 0 saturated carbocycles. The minimum Gasteiger partial charge on any atom is -0.373 e. The number of rotatable bonds is 1. The number of aliphatic hydroxyl groups excluding tert-OH is 1. The maximum absolute atomic E-state index is 8.52. The first kappa shape index (κ1) is 6.25. The summed E-state index contributed by atoms with van der Waals surface area (Å²) in [4.78, 5) is 1.15. The second-order valence-corrected chi connectivity index (χ2v) is 1.34. The van der Waals surface area contributed by atoms with Crippen LogP contribution in [0.2, 0.25) is 0 Å². The van der Waals surface area contributed by atoms with Crippen LogP contribution in [0.1, 0.15) is 6.92 Å². The van der Waals surface area contributed by atoms with Crippen molar-refractivity contribution in [1.29, 1.82) is 5.26 Å². The van der Waals surface area contributed by atoms with Crippen LogP contribution in [0, 0.1) is 11.5 Å². The molecule has 0 aliphatic rings. The summed E-state index contributed by atoms with van der Waals surface area (Å²) in [5.41, 5.74) is 0. The summed E-state index contributed by atoms with van der Waals surface area (Å²) in [6, 6.07) is 0. The van der Waals surface area contributed by atoms with Crippen molar-refractivity contribution >= 4 is 0 Å². The fourth-order valence-corrected chi connectivity index (χ4v) is 0.0836. The third-order valence-corrected chi connectivity index (χ3v) is 0.718. The molecule has 40 valence electrons. The molecule has 0 spiro atoms. The molecule has 0 aromatic rings. The van der Waals surface area contributed by atoms with Crippen LogP contribution in [0.25, 0.3) is 0 Å². The van der Waals surface area contributed by atoms with E-state index in [-0.39, 0.29) is 0 Å². The van der Waals surface area contributed by atoms with E-state index in [1.165, 1.54) is 14.0 Å². The van der Waals surface area contributed by atoms with E-state index in [0.717, 1.165) is 4.90 Å². The summed E-state index contributed by atoms with van der Waals surface area (Å²) in [5, 5.41) is 16.5. The summed E-state index contributed by atoms with van der Waals surface area (Å²) in [6.45, 7) is 1.53. The van der Waals surface area contributed by atoms with Crippen molar-refractivity contribution in [3.63, 3.8) is 0 Å². The Hall–Kier alpha value is -0.750. The molecular weight excluding hydrogens is 92.1 g/mol. The molecule has 0 radical (unpaired) electrons. The molecule has 0 saturated heterocycles. The molecule has 7 heavy (non-hydrogen) atoms. The summed E-state index contributed by atoms with van der Waals surface area (Å²) >= 11 is 0. The summed E-state index contributed by atoms with van der Waals surface area (Å²) in [7, 11) is 1.52. The average molecular weight is 100 g/mol. The Labute approximate surface area is 42.8 Å². The quantitative estimate of drug-likeness (QED) is 0.280. The Morgan fingerprint density at radius 1 is 1.86 bits per heavy atom. The lowest BCUT2D eigenvalue weighted by Gasteiger charge is -2.09. The Kier molecular flexibility index (Phi) is 2.17. The zero-order valence-corrected chi connectivity index (χ0v) is 4.42. The first-order valence-corrected chi connectivity index (χ1v) is 1.99. The minimum absolute atomic E-state index is 0.662. The van der Waals surface area contributed by atoms with E-state index in [4.69, 9.17) is 10.4 Å².